The van der Waals surface area contributed by atoms with Crippen molar-refractivity contribution in [1.82, 2.24) is 10.2 Å². The van der Waals surface area contributed by atoms with E-state index in [2.05, 4.69) is 5.32 Å². The van der Waals surface area contributed by atoms with Gasteiger partial charge in [-0.1, -0.05) is 19.1 Å². The largest absolute Gasteiger partial charge is 0.497 e. The zero-order valence-electron chi connectivity index (χ0n) is 13.0. The van der Waals surface area contributed by atoms with Crippen LogP contribution in [0.4, 0.5) is 0 Å². The topological polar surface area (TPSA) is 58.6 Å². The molecule has 1 N–H and O–H groups in total. The first-order chi connectivity index (χ1) is 10.1. The molecular weight excluding hydrogens is 268 g/mol. The lowest BCUT2D eigenvalue weighted by Gasteiger charge is -2.21. The highest BCUT2D eigenvalue weighted by atomic mass is 16.5. The van der Waals surface area contributed by atoms with Crippen LogP contribution in [0.2, 0.25) is 0 Å². The quantitative estimate of drug-likeness (QED) is 0.797. The summed E-state index contributed by atoms with van der Waals surface area (Å²) in [6.45, 7) is 5.02. The highest BCUT2D eigenvalue weighted by Crippen LogP contribution is 2.13. The minimum atomic E-state index is -0.00411. The molecule has 0 aliphatic heterocycles. The summed E-state index contributed by atoms with van der Waals surface area (Å²) in [5.41, 5.74) is 1.03. The van der Waals surface area contributed by atoms with Crippen LogP contribution in [0.5, 0.6) is 5.75 Å². The summed E-state index contributed by atoms with van der Waals surface area (Å²) in [5, 5.41) is 2.82. The zero-order valence-corrected chi connectivity index (χ0v) is 13.0. The molecule has 0 atom stereocenters. The van der Waals surface area contributed by atoms with E-state index >= 15 is 0 Å². The molecule has 1 aromatic rings. The van der Waals surface area contributed by atoms with E-state index in [4.69, 9.17) is 4.74 Å². The van der Waals surface area contributed by atoms with Crippen LogP contribution in [0.15, 0.2) is 24.3 Å². The number of carbonyl (C=O) groups excluding carboxylic acids is 2. The normalized spacial score (nSPS) is 10.0. The Morgan fingerprint density at radius 2 is 1.90 bits per heavy atom. The molecule has 116 valence electrons. The van der Waals surface area contributed by atoms with Gasteiger partial charge in [0.25, 0.3) is 0 Å². The average molecular weight is 292 g/mol. The molecule has 2 amide bonds. The molecule has 5 heteroatoms. The monoisotopic (exact) mass is 292 g/mol. The molecule has 0 unspecified atom stereocenters. The van der Waals surface area contributed by atoms with Gasteiger partial charge in [-0.15, -0.1) is 0 Å². The second kappa shape index (κ2) is 9.00. The van der Waals surface area contributed by atoms with Gasteiger partial charge in [0.2, 0.25) is 11.8 Å². The van der Waals surface area contributed by atoms with E-state index in [0.717, 1.165) is 17.7 Å². The van der Waals surface area contributed by atoms with E-state index in [9.17, 15) is 9.59 Å². The van der Waals surface area contributed by atoms with Gasteiger partial charge < -0.3 is 15.0 Å². The van der Waals surface area contributed by atoms with Gasteiger partial charge in [0, 0.05) is 33.0 Å². The van der Waals surface area contributed by atoms with Gasteiger partial charge in [0.05, 0.1) is 7.11 Å². The predicted molar refractivity (Wildman–Crippen MR) is 82.0 cm³/mol. The van der Waals surface area contributed by atoms with E-state index in [0.29, 0.717) is 26.1 Å². The van der Waals surface area contributed by atoms with Gasteiger partial charge >= 0.3 is 0 Å². The molecule has 0 aromatic heterocycles. The number of benzene rings is 1. The summed E-state index contributed by atoms with van der Waals surface area (Å²) < 4.78 is 5.11. The van der Waals surface area contributed by atoms with Gasteiger partial charge in [-0.25, -0.2) is 0 Å². The Balaban J connectivity index is 2.49. The van der Waals surface area contributed by atoms with Gasteiger partial charge in [0.15, 0.2) is 0 Å². The van der Waals surface area contributed by atoms with Crippen molar-refractivity contribution >= 4 is 11.8 Å². The van der Waals surface area contributed by atoms with Crippen molar-refractivity contribution in [3.05, 3.63) is 29.8 Å². The molecule has 0 saturated carbocycles. The third-order valence-corrected chi connectivity index (χ3v) is 3.16. The van der Waals surface area contributed by atoms with E-state index in [-0.39, 0.29) is 11.8 Å². The average Bonchev–Trinajstić information content (AvgIpc) is 2.47. The number of carbonyl (C=O) groups is 2. The maximum Gasteiger partial charge on any atom is 0.220 e. The molecule has 0 aliphatic carbocycles. The molecule has 0 radical (unpaired) electrons. The Labute approximate surface area is 126 Å². The van der Waals surface area contributed by atoms with Crippen LogP contribution in [-0.4, -0.2) is 36.9 Å². The second-order valence-corrected chi connectivity index (χ2v) is 4.89. The molecule has 0 fully saturated rings. The first kappa shape index (κ1) is 17.0. The first-order valence-electron chi connectivity index (χ1n) is 7.22. The molecule has 0 saturated heterocycles. The van der Waals surface area contributed by atoms with Crippen molar-refractivity contribution in [2.75, 3.05) is 20.2 Å². The molecule has 1 aromatic carbocycles. The lowest BCUT2D eigenvalue weighted by atomic mass is 10.2. The Bertz CT molecular complexity index is 457. The van der Waals surface area contributed by atoms with Crippen LogP contribution in [-0.2, 0) is 16.1 Å². The molecule has 0 spiro atoms. The third kappa shape index (κ3) is 6.29. The minimum absolute atomic E-state index is 0.00411. The summed E-state index contributed by atoms with van der Waals surface area (Å²) in [7, 11) is 1.62. The number of nitrogens with one attached hydrogen (secondary N) is 1. The van der Waals surface area contributed by atoms with Gasteiger partial charge in [-0.3, -0.25) is 9.59 Å². The van der Waals surface area contributed by atoms with Gasteiger partial charge in [-0.2, -0.15) is 0 Å². The molecule has 0 bridgehead atoms. The summed E-state index contributed by atoms with van der Waals surface area (Å²) in [6, 6.07) is 7.61. The predicted octanol–water partition coefficient (Wildman–Crippen LogP) is 1.96. The second-order valence-electron chi connectivity index (χ2n) is 4.89. The number of rotatable bonds is 8. The van der Waals surface area contributed by atoms with Crippen molar-refractivity contribution in [2.45, 2.75) is 33.2 Å². The Morgan fingerprint density at radius 3 is 2.43 bits per heavy atom. The number of hydrogen-bond donors (Lipinski definition) is 1. The van der Waals surface area contributed by atoms with Crippen LogP contribution in [0.1, 0.15) is 32.3 Å². The van der Waals surface area contributed by atoms with Crippen LogP contribution >= 0.6 is 0 Å². The van der Waals surface area contributed by atoms with Crippen molar-refractivity contribution in [1.29, 1.82) is 0 Å². The molecule has 0 aliphatic rings. The van der Waals surface area contributed by atoms with Crippen LogP contribution < -0.4 is 10.1 Å². The number of methoxy groups -OCH3 is 1. The van der Waals surface area contributed by atoms with E-state index < -0.39 is 0 Å². The number of nitrogens with zero attached hydrogens (tertiary/aromatic N) is 1. The summed E-state index contributed by atoms with van der Waals surface area (Å²) in [5.74, 6) is 0.820. The van der Waals surface area contributed by atoms with Crippen LogP contribution in [0, 0.1) is 0 Å². The van der Waals surface area contributed by atoms with Gasteiger partial charge in [-0.05, 0) is 24.1 Å². The molecule has 1 rings (SSSR count). The number of ether oxygens (including phenoxy) is 1. The highest BCUT2D eigenvalue weighted by molar-refractivity contribution is 5.76. The summed E-state index contributed by atoms with van der Waals surface area (Å²) >= 11 is 0. The van der Waals surface area contributed by atoms with Gasteiger partial charge in [0.1, 0.15) is 5.75 Å². The fourth-order valence-electron chi connectivity index (χ4n) is 1.94. The Kier molecular flexibility index (Phi) is 7.29. The smallest absolute Gasteiger partial charge is 0.220 e. The SMILES string of the molecule is CCCC(=O)NCCN(Cc1ccc(OC)cc1)C(C)=O. The molecule has 0 heterocycles. The van der Waals surface area contributed by atoms with Crippen molar-refractivity contribution in [3.63, 3.8) is 0 Å². The van der Waals surface area contributed by atoms with Crippen molar-refractivity contribution < 1.29 is 14.3 Å². The van der Waals surface area contributed by atoms with E-state index in [1.165, 1.54) is 6.92 Å². The molecular formula is C16H24N2O3. The summed E-state index contributed by atoms with van der Waals surface area (Å²) in [4.78, 5) is 24.8. The highest BCUT2D eigenvalue weighted by Gasteiger charge is 2.10. The Hall–Kier alpha value is -2.04. The Morgan fingerprint density at radius 1 is 1.24 bits per heavy atom. The van der Waals surface area contributed by atoms with Crippen molar-refractivity contribution in [2.24, 2.45) is 0 Å². The van der Waals surface area contributed by atoms with Crippen LogP contribution in [0.25, 0.3) is 0 Å². The molecule has 21 heavy (non-hydrogen) atoms. The van der Waals surface area contributed by atoms with Crippen LogP contribution in [0.3, 0.4) is 0 Å². The number of hydrogen-bond acceptors (Lipinski definition) is 3. The van der Waals surface area contributed by atoms with E-state index in [1.807, 2.05) is 31.2 Å². The van der Waals surface area contributed by atoms with Crippen molar-refractivity contribution in [3.8, 4) is 5.75 Å². The lowest BCUT2D eigenvalue weighted by molar-refractivity contribution is -0.130. The standard InChI is InChI=1S/C16H24N2O3/c1-4-5-16(20)17-10-11-18(13(2)19)12-14-6-8-15(21-3)9-7-14/h6-9H,4-5,10-12H2,1-3H3,(H,17,20). The fraction of sp³-hybridized carbons (Fsp3) is 0.500. The lowest BCUT2D eigenvalue weighted by Crippen LogP contribution is -2.37. The minimum Gasteiger partial charge on any atom is -0.497 e. The summed E-state index contributed by atoms with van der Waals surface area (Å²) in [6.07, 6.45) is 1.35. The van der Waals surface area contributed by atoms with E-state index in [1.54, 1.807) is 12.0 Å². The first-order valence-corrected chi connectivity index (χ1v) is 7.22. The molecule has 5 nitrogen and oxygen atoms in total. The maximum atomic E-state index is 11.7. The fourth-order valence-corrected chi connectivity index (χ4v) is 1.94. The maximum absolute atomic E-state index is 11.7. The third-order valence-electron chi connectivity index (χ3n) is 3.16. The number of amides is 2. The zero-order chi connectivity index (χ0) is 15.7.